The van der Waals surface area contributed by atoms with Gasteiger partial charge >= 0.3 is 5.97 Å². The van der Waals surface area contributed by atoms with Gasteiger partial charge in [-0.2, -0.15) is 0 Å². The van der Waals surface area contributed by atoms with Crippen LogP contribution in [0.1, 0.15) is 19.8 Å². The number of fused-ring (bicyclic) bond motifs is 1. The highest BCUT2D eigenvalue weighted by Gasteiger charge is 2.31. The molecule has 1 saturated heterocycles. The van der Waals surface area contributed by atoms with Gasteiger partial charge in [0, 0.05) is 25.0 Å². The second kappa shape index (κ2) is 9.97. The van der Waals surface area contributed by atoms with Gasteiger partial charge in [0.15, 0.2) is 0 Å². The van der Waals surface area contributed by atoms with Crippen molar-refractivity contribution in [3.05, 3.63) is 24.3 Å². The summed E-state index contributed by atoms with van der Waals surface area (Å²) in [7, 11) is 1.56. The molecule has 8 nitrogen and oxygen atoms in total. The van der Waals surface area contributed by atoms with E-state index in [9.17, 15) is 19.2 Å². The van der Waals surface area contributed by atoms with Crippen LogP contribution in [0.4, 0.5) is 5.69 Å². The van der Waals surface area contributed by atoms with Gasteiger partial charge < -0.3 is 19.4 Å². The maximum Gasteiger partial charge on any atom is 0.310 e. The number of hydrogen-bond acceptors (Lipinski definition) is 6. The van der Waals surface area contributed by atoms with Gasteiger partial charge in [-0.3, -0.25) is 19.2 Å². The summed E-state index contributed by atoms with van der Waals surface area (Å²) < 4.78 is 5.07. The normalized spacial score (nSPS) is 18.6. The molecule has 0 aromatic heterocycles. The van der Waals surface area contributed by atoms with E-state index in [1.54, 1.807) is 18.9 Å². The highest BCUT2D eigenvalue weighted by molar-refractivity contribution is 8.00. The van der Waals surface area contributed by atoms with Crippen LogP contribution in [0.15, 0.2) is 29.2 Å². The van der Waals surface area contributed by atoms with Gasteiger partial charge in [0.1, 0.15) is 6.54 Å². The van der Waals surface area contributed by atoms with Crippen molar-refractivity contribution in [3.63, 3.8) is 0 Å². The van der Waals surface area contributed by atoms with Crippen molar-refractivity contribution in [3.8, 4) is 0 Å². The molecule has 3 rings (SSSR count). The lowest BCUT2D eigenvalue weighted by atomic mass is 9.98. The first-order valence-corrected chi connectivity index (χ1v) is 11.1. The van der Waals surface area contributed by atoms with E-state index in [2.05, 4.69) is 0 Å². The number of rotatable bonds is 6. The molecule has 1 aromatic rings. The van der Waals surface area contributed by atoms with Gasteiger partial charge in [-0.25, -0.2) is 0 Å². The molecule has 30 heavy (non-hydrogen) atoms. The molecular formula is C21H27N3O5S. The lowest BCUT2D eigenvalue weighted by molar-refractivity contribution is -0.152. The monoisotopic (exact) mass is 433 g/mol. The molecule has 3 amide bonds. The second-order valence-electron chi connectivity index (χ2n) is 7.42. The minimum atomic E-state index is -0.316. The highest BCUT2D eigenvalue weighted by atomic mass is 32.2. The fraction of sp³-hybridized carbons (Fsp3) is 0.524. The average Bonchev–Trinajstić information content (AvgIpc) is 2.75. The third kappa shape index (κ3) is 5.13. The minimum Gasteiger partial charge on any atom is -0.466 e. The zero-order chi connectivity index (χ0) is 21.7. The minimum absolute atomic E-state index is 0.0905. The predicted octanol–water partition coefficient (Wildman–Crippen LogP) is 1.39. The Balaban J connectivity index is 1.57. The van der Waals surface area contributed by atoms with Gasteiger partial charge in [0.05, 0.1) is 30.5 Å². The number of hydrogen-bond donors (Lipinski definition) is 0. The molecule has 1 fully saturated rings. The molecule has 162 valence electrons. The van der Waals surface area contributed by atoms with E-state index in [-0.39, 0.29) is 48.5 Å². The van der Waals surface area contributed by atoms with Crippen LogP contribution < -0.4 is 4.90 Å². The summed E-state index contributed by atoms with van der Waals surface area (Å²) in [6.07, 6.45) is 1.43. The molecule has 0 aliphatic carbocycles. The lowest BCUT2D eigenvalue weighted by Crippen LogP contribution is -2.49. The summed E-state index contributed by atoms with van der Waals surface area (Å²) in [5, 5.41) is 0. The van der Waals surface area contributed by atoms with Gasteiger partial charge in [0.25, 0.3) is 0 Å². The van der Waals surface area contributed by atoms with E-state index in [0.29, 0.717) is 26.1 Å². The van der Waals surface area contributed by atoms with Crippen molar-refractivity contribution < 1.29 is 23.9 Å². The molecule has 2 aliphatic rings. The molecule has 1 unspecified atom stereocenters. The molecule has 0 radical (unpaired) electrons. The molecule has 0 saturated carbocycles. The Labute approximate surface area is 180 Å². The third-order valence-corrected chi connectivity index (χ3v) is 6.34. The van der Waals surface area contributed by atoms with Crippen molar-refractivity contribution >= 4 is 41.1 Å². The van der Waals surface area contributed by atoms with Crippen molar-refractivity contribution in [2.45, 2.75) is 24.7 Å². The number of para-hydroxylation sites is 1. The van der Waals surface area contributed by atoms with E-state index >= 15 is 0 Å². The van der Waals surface area contributed by atoms with Gasteiger partial charge in [-0.1, -0.05) is 12.1 Å². The molecule has 2 aliphatic heterocycles. The number of likely N-dealkylation sites (tertiary alicyclic amines) is 1. The van der Waals surface area contributed by atoms with Crippen LogP contribution in [0, 0.1) is 5.92 Å². The quantitative estimate of drug-likeness (QED) is 0.630. The number of piperidine rings is 1. The molecule has 2 heterocycles. The van der Waals surface area contributed by atoms with Crippen molar-refractivity contribution in [2.24, 2.45) is 5.92 Å². The molecule has 0 N–H and O–H groups in total. The van der Waals surface area contributed by atoms with Crippen molar-refractivity contribution in [1.29, 1.82) is 0 Å². The van der Waals surface area contributed by atoms with E-state index in [1.807, 2.05) is 24.3 Å². The maximum atomic E-state index is 12.7. The number of esters is 1. The Kier molecular flexibility index (Phi) is 7.36. The fourth-order valence-corrected chi connectivity index (χ4v) is 4.57. The van der Waals surface area contributed by atoms with Crippen molar-refractivity contribution in [2.75, 3.05) is 50.5 Å². The van der Waals surface area contributed by atoms with E-state index in [0.717, 1.165) is 17.0 Å². The average molecular weight is 434 g/mol. The largest absolute Gasteiger partial charge is 0.466 e. The Morgan fingerprint density at radius 3 is 2.80 bits per heavy atom. The first kappa shape index (κ1) is 22.1. The summed E-state index contributed by atoms with van der Waals surface area (Å²) >= 11 is 1.46. The van der Waals surface area contributed by atoms with E-state index in [1.165, 1.54) is 21.6 Å². The highest BCUT2D eigenvalue weighted by Crippen LogP contribution is 2.34. The van der Waals surface area contributed by atoms with E-state index in [4.69, 9.17) is 4.74 Å². The van der Waals surface area contributed by atoms with Crippen LogP contribution in [0.5, 0.6) is 0 Å². The van der Waals surface area contributed by atoms with Crippen LogP contribution in [0.2, 0.25) is 0 Å². The smallest absolute Gasteiger partial charge is 0.310 e. The predicted molar refractivity (Wildman–Crippen MR) is 113 cm³/mol. The third-order valence-electron chi connectivity index (χ3n) is 5.29. The zero-order valence-electron chi connectivity index (χ0n) is 17.3. The molecule has 1 aromatic carbocycles. The Bertz CT molecular complexity index is 831. The Hall–Kier alpha value is -2.55. The maximum absolute atomic E-state index is 12.7. The molecule has 0 bridgehead atoms. The van der Waals surface area contributed by atoms with Crippen molar-refractivity contribution in [1.82, 2.24) is 9.80 Å². The number of amides is 3. The number of thioether (sulfide) groups is 1. The molecule has 0 spiro atoms. The van der Waals surface area contributed by atoms with Crippen LogP contribution in [-0.2, 0) is 23.9 Å². The molecule has 1 atom stereocenters. The van der Waals surface area contributed by atoms with Crippen LogP contribution in [0.3, 0.4) is 0 Å². The van der Waals surface area contributed by atoms with Crippen LogP contribution >= 0.6 is 11.8 Å². The summed E-state index contributed by atoms with van der Waals surface area (Å²) in [5.74, 6) is -0.947. The van der Waals surface area contributed by atoms with Gasteiger partial charge in [-0.15, -0.1) is 11.8 Å². The van der Waals surface area contributed by atoms with Gasteiger partial charge in [-0.05, 0) is 31.9 Å². The summed E-state index contributed by atoms with van der Waals surface area (Å²) in [4.78, 5) is 55.2. The number of nitrogens with zero attached hydrogens (tertiary/aromatic N) is 3. The lowest BCUT2D eigenvalue weighted by Gasteiger charge is -2.33. The first-order valence-electron chi connectivity index (χ1n) is 10.1. The molecular weight excluding hydrogens is 406 g/mol. The fourth-order valence-electron chi connectivity index (χ4n) is 3.63. The topological polar surface area (TPSA) is 87.2 Å². The number of ether oxygens (including phenoxy) is 1. The standard InChI is InChI=1S/C21H27N3O5S/c1-3-29-21(28)15-7-6-10-23(11-15)19(26)12-22(2)18(25)13-24-16-8-4-5-9-17(16)30-14-20(24)27/h4-5,8-9,15H,3,6-7,10-14H2,1-2H3. The zero-order valence-corrected chi connectivity index (χ0v) is 18.2. The number of benzene rings is 1. The number of carbonyl (C=O) groups is 4. The second-order valence-corrected chi connectivity index (χ2v) is 8.43. The van der Waals surface area contributed by atoms with E-state index < -0.39 is 0 Å². The Morgan fingerprint density at radius 2 is 2.03 bits per heavy atom. The SMILES string of the molecule is CCOC(=O)C1CCCN(C(=O)CN(C)C(=O)CN2C(=O)CSc3ccccc32)C1. The Morgan fingerprint density at radius 1 is 1.27 bits per heavy atom. The van der Waals surface area contributed by atoms with Crippen LogP contribution in [0.25, 0.3) is 0 Å². The number of carbonyl (C=O) groups excluding carboxylic acids is 4. The summed E-state index contributed by atoms with van der Waals surface area (Å²) in [6, 6.07) is 7.47. The molecule has 9 heteroatoms. The van der Waals surface area contributed by atoms with Gasteiger partial charge in [0.2, 0.25) is 17.7 Å². The first-order chi connectivity index (χ1) is 14.4. The van der Waals surface area contributed by atoms with Crippen LogP contribution in [-0.4, -0.2) is 79.1 Å². The number of anilines is 1. The summed E-state index contributed by atoms with van der Waals surface area (Å²) in [5.41, 5.74) is 0.722. The number of likely N-dealkylation sites (N-methyl/N-ethyl adjacent to an activating group) is 1. The summed E-state index contributed by atoms with van der Waals surface area (Å²) in [6.45, 7) is 2.76.